The summed E-state index contributed by atoms with van der Waals surface area (Å²) < 4.78 is 5.02. The summed E-state index contributed by atoms with van der Waals surface area (Å²) in [5, 5.41) is 0. The molecule has 0 saturated heterocycles. The Kier molecular flexibility index (Phi) is 1.18. The van der Waals surface area contributed by atoms with Crippen LogP contribution in [0.25, 0.3) is 11.1 Å². The van der Waals surface area contributed by atoms with Gasteiger partial charge < -0.3 is 4.42 Å². The number of rotatable bonds is 1. The van der Waals surface area contributed by atoms with Gasteiger partial charge in [-0.25, -0.2) is 9.97 Å². The largest absolute Gasteiger partial charge is 0.450 e. The van der Waals surface area contributed by atoms with Gasteiger partial charge in [0, 0.05) is 6.07 Å². The normalized spacial score (nSPS) is 10.2. The summed E-state index contributed by atoms with van der Waals surface area (Å²) in [6.07, 6.45) is 3.57. The predicted molar refractivity (Wildman–Crippen MR) is 37.2 cm³/mol. The molecule has 11 heavy (non-hydrogen) atoms. The van der Waals surface area contributed by atoms with E-state index in [0.29, 0.717) is 17.4 Å². The first kappa shape index (κ1) is 6.03. The zero-order valence-corrected chi connectivity index (χ0v) is 5.52. The summed E-state index contributed by atoms with van der Waals surface area (Å²) in [6.45, 7) is 0. The highest BCUT2D eigenvalue weighted by molar-refractivity contribution is 5.81. The van der Waals surface area contributed by atoms with Gasteiger partial charge in [0.1, 0.15) is 11.8 Å². The lowest BCUT2D eigenvalue weighted by Crippen LogP contribution is -1.72. The summed E-state index contributed by atoms with van der Waals surface area (Å²) in [5.74, 6) is 0.278. The van der Waals surface area contributed by atoms with Crippen LogP contribution in [-0.4, -0.2) is 16.3 Å². The lowest BCUT2D eigenvalue weighted by Gasteiger charge is -1.80. The van der Waals surface area contributed by atoms with Crippen LogP contribution in [-0.2, 0) is 0 Å². The number of carbonyl (C=O) groups is 1. The third kappa shape index (κ3) is 0.881. The van der Waals surface area contributed by atoms with Crippen molar-refractivity contribution in [3.05, 3.63) is 24.4 Å². The minimum absolute atomic E-state index is 0.278. The number of aldehydes is 1. The van der Waals surface area contributed by atoms with Crippen LogP contribution >= 0.6 is 0 Å². The van der Waals surface area contributed by atoms with Crippen LogP contribution in [0.3, 0.4) is 0 Å². The molecule has 0 aliphatic heterocycles. The van der Waals surface area contributed by atoms with E-state index in [4.69, 9.17) is 4.42 Å². The predicted octanol–water partition coefficient (Wildman–Crippen LogP) is 1.04. The summed E-state index contributed by atoms with van der Waals surface area (Å²) >= 11 is 0. The van der Waals surface area contributed by atoms with Gasteiger partial charge >= 0.3 is 0 Å². The highest BCUT2D eigenvalue weighted by atomic mass is 16.3. The number of aromatic nitrogens is 2. The molecule has 2 heterocycles. The molecular weight excluding hydrogens is 144 g/mol. The quantitative estimate of drug-likeness (QED) is 0.567. The van der Waals surface area contributed by atoms with Crippen molar-refractivity contribution in [3.63, 3.8) is 0 Å². The van der Waals surface area contributed by atoms with Crippen LogP contribution in [0.1, 0.15) is 10.6 Å². The van der Waals surface area contributed by atoms with Gasteiger partial charge in [-0.15, -0.1) is 0 Å². The van der Waals surface area contributed by atoms with Crippen LogP contribution in [0, 0.1) is 0 Å². The molecule has 0 aliphatic rings. The van der Waals surface area contributed by atoms with Crippen molar-refractivity contribution >= 4 is 17.4 Å². The van der Waals surface area contributed by atoms with Crippen molar-refractivity contribution in [2.75, 3.05) is 0 Å². The van der Waals surface area contributed by atoms with Gasteiger partial charge in [0.15, 0.2) is 17.6 Å². The molecule has 0 fully saturated rings. The molecular formula is C7H4N2O2. The van der Waals surface area contributed by atoms with Crippen molar-refractivity contribution in [2.45, 2.75) is 0 Å². The van der Waals surface area contributed by atoms with E-state index in [1.165, 1.54) is 12.5 Å². The van der Waals surface area contributed by atoms with E-state index < -0.39 is 0 Å². The zero-order valence-electron chi connectivity index (χ0n) is 5.52. The van der Waals surface area contributed by atoms with E-state index in [2.05, 4.69) is 9.97 Å². The van der Waals surface area contributed by atoms with Crippen molar-refractivity contribution in [3.8, 4) is 0 Å². The molecule has 0 saturated carbocycles. The number of fused-ring (bicyclic) bond motifs is 1. The van der Waals surface area contributed by atoms with E-state index >= 15 is 0 Å². The maximum Gasteiger partial charge on any atom is 0.185 e. The highest BCUT2D eigenvalue weighted by Crippen LogP contribution is 2.13. The van der Waals surface area contributed by atoms with Gasteiger partial charge in [0.2, 0.25) is 0 Å². The molecule has 4 heteroatoms. The lowest BCUT2D eigenvalue weighted by molar-refractivity contribution is 0.110. The Morgan fingerprint density at radius 3 is 3.18 bits per heavy atom. The molecule has 0 aliphatic carbocycles. The molecule has 2 aromatic rings. The van der Waals surface area contributed by atoms with E-state index in [9.17, 15) is 4.79 Å². The fourth-order valence-corrected chi connectivity index (χ4v) is 0.863. The van der Waals surface area contributed by atoms with Crippen LogP contribution < -0.4 is 0 Å². The molecule has 0 amide bonds. The number of nitrogens with zero attached hydrogens (tertiary/aromatic N) is 2. The molecule has 0 unspecified atom stereocenters. The molecule has 4 nitrogen and oxygen atoms in total. The molecule has 0 N–H and O–H groups in total. The number of hydrogen-bond acceptors (Lipinski definition) is 4. The third-order valence-electron chi connectivity index (χ3n) is 1.33. The molecule has 0 spiro atoms. The average Bonchev–Trinajstić information content (AvgIpc) is 2.46. The van der Waals surface area contributed by atoms with Gasteiger partial charge in [-0.1, -0.05) is 0 Å². The molecule has 0 radical (unpaired) electrons. The molecule has 54 valence electrons. The van der Waals surface area contributed by atoms with E-state index in [0.717, 1.165) is 0 Å². The molecule has 0 bridgehead atoms. The maximum atomic E-state index is 10.2. The van der Waals surface area contributed by atoms with Crippen molar-refractivity contribution in [1.29, 1.82) is 0 Å². The first-order valence-electron chi connectivity index (χ1n) is 3.05. The maximum absolute atomic E-state index is 10.2. The SMILES string of the molecule is O=Cc1cc2ncncc2o1. The second-order valence-electron chi connectivity index (χ2n) is 2.04. The standard InChI is InChI=1S/C7H4N2O2/c10-3-5-1-6-7(11-5)2-8-4-9-6/h1-4H. The molecule has 2 rings (SSSR count). The Bertz CT molecular complexity index is 361. The fourth-order valence-electron chi connectivity index (χ4n) is 0.863. The number of furan rings is 1. The van der Waals surface area contributed by atoms with E-state index in [-0.39, 0.29) is 5.76 Å². The Hall–Kier alpha value is -1.71. The summed E-state index contributed by atoms with van der Waals surface area (Å²) in [4.78, 5) is 17.9. The Labute approximate surface area is 61.9 Å². The van der Waals surface area contributed by atoms with Crippen LogP contribution in [0.2, 0.25) is 0 Å². The smallest absolute Gasteiger partial charge is 0.185 e. The second kappa shape index (κ2) is 2.16. The molecule has 0 aromatic carbocycles. The van der Waals surface area contributed by atoms with Crippen LogP contribution in [0.15, 0.2) is 23.0 Å². The average molecular weight is 148 g/mol. The third-order valence-corrected chi connectivity index (χ3v) is 1.33. The van der Waals surface area contributed by atoms with Crippen LogP contribution in [0.4, 0.5) is 0 Å². The number of carbonyl (C=O) groups excluding carboxylic acids is 1. The topological polar surface area (TPSA) is 56.0 Å². The highest BCUT2D eigenvalue weighted by Gasteiger charge is 2.01. The lowest BCUT2D eigenvalue weighted by atomic mass is 10.4. The molecule has 2 aromatic heterocycles. The zero-order chi connectivity index (χ0) is 7.68. The van der Waals surface area contributed by atoms with Gasteiger partial charge in [-0.3, -0.25) is 4.79 Å². The first-order valence-corrected chi connectivity index (χ1v) is 3.05. The van der Waals surface area contributed by atoms with Gasteiger partial charge in [0.25, 0.3) is 0 Å². The van der Waals surface area contributed by atoms with Crippen molar-refractivity contribution < 1.29 is 9.21 Å². The van der Waals surface area contributed by atoms with E-state index in [1.54, 1.807) is 6.07 Å². The van der Waals surface area contributed by atoms with Gasteiger partial charge in [0.05, 0.1) is 6.20 Å². The van der Waals surface area contributed by atoms with Crippen molar-refractivity contribution in [1.82, 2.24) is 9.97 Å². The van der Waals surface area contributed by atoms with Crippen molar-refractivity contribution in [2.24, 2.45) is 0 Å². The van der Waals surface area contributed by atoms with E-state index in [1.807, 2.05) is 0 Å². The second-order valence-corrected chi connectivity index (χ2v) is 2.04. The molecule has 0 atom stereocenters. The van der Waals surface area contributed by atoms with Gasteiger partial charge in [-0.05, 0) is 0 Å². The van der Waals surface area contributed by atoms with Gasteiger partial charge in [-0.2, -0.15) is 0 Å². The summed E-state index contributed by atoms with van der Waals surface area (Å²) in [7, 11) is 0. The fraction of sp³-hybridized carbons (Fsp3) is 0. The first-order chi connectivity index (χ1) is 5.40. The Morgan fingerprint density at radius 2 is 2.45 bits per heavy atom. The summed E-state index contributed by atoms with van der Waals surface area (Å²) in [5.41, 5.74) is 1.19. The Balaban J connectivity index is 2.78. The minimum atomic E-state index is 0.278. The Morgan fingerprint density at radius 1 is 1.55 bits per heavy atom. The monoisotopic (exact) mass is 148 g/mol. The number of hydrogen-bond donors (Lipinski definition) is 0. The van der Waals surface area contributed by atoms with Crippen LogP contribution in [0.5, 0.6) is 0 Å². The minimum Gasteiger partial charge on any atom is -0.450 e. The summed E-state index contributed by atoms with van der Waals surface area (Å²) in [6, 6.07) is 1.57.